The zero-order valence-corrected chi connectivity index (χ0v) is 28.6. The SMILES string of the molecule is CC(C)[C@H](NC(=O)C(Cc1ccccn1)NC(=O)[C@H](C)NC(=O)OCc1ccccc1)C(=O)N[C@H](/C=C/S(=O)(=O)c1ccccc1)CC(=O)O. The lowest BCUT2D eigenvalue weighted by Gasteiger charge is -2.27. The third-order valence-electron chi connectivity index (χ3n) is 7.24. The molecule has 1 heterocycles. The van der Waals surface area contributed by atoms with Crippen molar-refractivity contribution in [2.45, 2.75) is 69.3 Å². The van der Waals surface area contributed by atoms with Crippen LogP contribution in [0.1, 0.15) is 38.4 Å². The molecule has 0 radical (unpaired) electrons. The van der Waals surface area contributed by atoms with Crippen molar-refractivity contribution in [2.24, 2.45) is 5.92 Å². The minimum atomic E-state index is -3.94. The largest absolute Gasteiger partial charge is 0.481 e. The van der Waals surface area contributed by atoms with Gasteiger partial charge in [-0.25, -0.2) is 13.2 Å². The summed E-state index contributed by atoms with van der Waals surface area (Å²) >= 11 is 0. The summed E-state index contributed by atoms with van der Waals surface area (Å²) in [6, 6.07) is 16.6. The monoisotopic (exact) mass is 707 g/mol. The van der Waals surface area contributed by atoms with Crippen molar-refractivity contribution in [1.29, 1.82) is 0 Å². The number of amides is 4. The molecular weight excluding hydrogens is 666 g/mol. The van der Waals surface area contributed by atoms with E-state index < -0.39 is 76.1 Å². The Morgan fingerprint density at radius 2 is 1.44 bits per heavy atom. The number of hydrogen-bond donors (Lipinski definition) is 5. The molecule has 0 aliphatic carbocycles. The molecule has 3 aromatic rings. The molecule has 2 aromatic carbocycles. The number of hydrogen-bond acceptors (Lipinski definition) is 9. The zero-order valence-electron chi connectivity index (χ0n) is 27.8. The summed E-state index contributed by atoms with van der Waals surface area (Å²) in [7, 11) is -3.94. The molecule has 0 saturated heterocycles. The number of aliphatic carboxylic acids is 1. The van der Waals surface area contributed by atoms with Gasteiger partial charge in [-0.1, -0.05) is 68.4 Å². The molecule has 4 amide bonds. The molecule has 266 valence electrons. The molecule has 0 spiro atoms. The van der Waals surface area contributed by atoms with Crippen molar-refractivity contribution in [2.75, 3.05) is 0 Å². The van der Waals surface area contributed by atoms with Gasteiger partial charge in [-0.15, -0.1) is 0 Å². The molecule has 14 nitrogen and oxygen atoms in total. The summed E-state index contributed by atoms with van der Waals surface area (Å²) in [4.78, 5) is 68.4. The van der Waals surface area contributed by atoms with Gasteiger partial charge in [0.15, 0.2) is 9.84 Å². The molecule has 3 rings (SSSR count). The van der Waals surface area contributed by atoms with Gasteiger partial charge in [-0.05, 0) is 48.7 Å². The van der Waals surface area contributed by atoms with Gasteiger partial charge in [0.25, 0.3) is 0 Å². The first-order valence-electron chi connectivity index (χ1n) is 15.7. The van der Waals surface area contributed by atoms with Crippen molar-refractivity contribution in [3.8, 4) is 0 Å². The second kappa shape index (κ2) is 18.8. The number of alkyl carbamates (subject to hydrolysis) is 1. The molecule has 1 aromatic heterocycles. The topological polar surface area (TPSA) is 210 Å². The summed E-state index contributed by atoms with van der Waals surface area (Å²) in [5.41, 5.74) is 1.20. The molecule has 15 heteroatoms. The van der Waals surface area contributed by atoms with Gasteiger partial charge in [0.05, 0.1) is 17.4 Å². The number of ether oxygens (including phenoxy) is 1. The van der Waals surface area contributed by atoms with Crippen LogP contribution >= 0.6 is 0 Å². The number of aromatic nitrogens is 1. The van der Waals surface area contributed by atoms with E-state index in [2.05, 4.69) is 26.3 Å². The van der Waals surface area contributed by atoms with Crippen molar-refractivity contribution >= 4 is 39.6 Å². The van der Waals surface area contributed by atoms with E-state index in [-0.39, 0.29) is 17.9 Å². The maximum Gasteiger partial charge on any atom is 0.408 e. The van der Waals surface area contributed by atoms with E-state index in [1.165, 1.54) is 37.4 Å². The minimum absolute atomic E-state index is 0.0152. The number of rotatable bonds is 17. The predicted octanol–water partition coefficient (Wildman–Crippen LogP) is 2.51. The fourth-order valence-corrected chi connectivity index (χ4v) is 5.63. The molecular formula is C35H41N5O9S. The number of carboxylic acids is 1. The number of benzene rings is 2. The Labute approximate surface area is 290 Å². The summed E-state index contributed by atoms with van der Waals surface area (Å²) in [5, 5.41) is 20.4. The molecule has 0 aliphatic heterocycles. The summed E-state index contributed by atoms with van der Waals surface area (Å²) in [6.45, 7) is 4.68. The summed E-state index contributed by atoms with van der Waals surface area (Å²) in [6.07, 6.45) is 1.02. The van der Waals surface area contributed by atoms with Crippen LogP contribution in [0, 0.1) is 5.92 Å². The van der Waals surface area contributed by atoms with Crippen LogP contribution in [0.2, 0.25) is 0 Å². The Morgan fingerprint density at radius 3 is 2.04 bits per heavy atom. The Morgan fingerprint density at radius 1 is 0.800 bits per heavy atom. The van der Waals surface area contributed by atoms with Crippen LogP contribution in [0.3, 0.4) is 0 Å². The summed E-state index contributed by atoms with van der Waals surface area (Å²) < 4.78 is 30.6. The van der Waals surface area contributed by atoms with Gasteiger partial charge in [0.1, 0.15) is 24.7 Å². The lowest BCUT2D eigenvalue weighted by atomic mass is 10.0. The Hall–Kier alpha value is -5.57. The van der Waals surface area contributed by atoms with Gasteiger partial charge in [-0.2, -0.15) is 0 Å². The fraction of sp³-hybridized carbons (Fsp3) is 0.314. The van der Waals surface area contributed by atoms with Crippen molar-refractivity contribution in [1.82, 2.24) is 26.3 Å². The van der Waals surface area contributed by atoms with E-state index in [1.807, 2.05) is 6.07 Å². The van der Waals surface area contributed by atoms with Crippen LogP contribution in [-0.4, -0.2) is 72.5 Å². The predicted molar refractivity (Wildman–Crippen MR) is 183 cm³/mol. The number of nitrogens with zero attached hydrogens (tertiary/aromatic N) is 1. The van der Waals surface area contributed by atoms with Crippen LogP contribution in [0.4, 0.5) is 4.79 Å². The van der Waals surface area contributed by atoms with Gasteiger partial charge >= 0.3 is 12.1 Å². The van der Waals surface area contributed by atoms with Crippen LogP contribution in [0.25, 0.3) is 0 Å². The van der Waals surface area contributed by atoms with Crippen LogP contribution in [0.5, 0.6) is 0 Å². The fourth-order valence-electron chi connectivity index (χ4n) is 4.54. The first-order valence-corrected chi connectivity index (χ1v) is 17.3. The maximum atomic E-state index is 13.7. The van der Waals surface area contributed by atoms with Crippen molar-refractivity contribution in [3.63, 3.8) is 0 Å². The molecule has 0 saturated carbocycles. The Balaban J connectivity index is 1.72. The van der Waals surface area contributed by atoms with Crippen LogP contribution in [0.15, 0.2) is 101 Å². The molecule has 5 N–H and O–H groups in total. The van der Waals surface area contributed by atoms with Crippen LogP contribution < -0.4 is 21.3 Å². The highest BCUT2D eigenvalue weighted by molar-refractivity contribution is 7.94. The molecule has 0 bridgehead atoms. The van der Waals surface area contributed by atoms with E-state index in [4.69, 9.17) is 4.74 Å². The minimum Gasteiger partial charge on any atom is -0.481 e. The summed E-state index contributed by atoms with van der Waals surface area (Å²) in [5.74, 6) is -4.07. The number of nitrogens with one attached hydrogen (secondary N) is 4. The molecule has 0 aliphatic rings. The third-order valence-corrected chi connectivity index (χ3v) is 8.69. The molecule has 1 unspecified atom stereocenters. The molecule has 0 fully saturated rings. The quantitative estimate of drug-likeness (QED) is 0.138. The first-order chi connectivity index (χ1) is 23.7. The molecule has 4 atom stereocenters. The van der Waals surface area contributed by atoms with E-state index in [1.54, 1.807) is 62.4 Å². The maximum absolute atomic E-state index is 13.7. The highest BCUT2D eigenvalue weighted by atomic mass is 32.2. The standard InChI is InChI=1S/C35H41N5O9S/c1-23(2)31(34(45)38-27(21-30(41)42)17-19-50(47,48)28-15-8-5-9-16-28)40-33(44)29(20-26-14-10-11-18-36-26)39-32(43)24(3)37-35(46)49-22-25-12-6-4-7-13-25/h4-19,23-24,27,29,31H,20-22H2,1-3H3,(H,37,46)(H,38,45)(H,39,43)(H,40,44)(H,41,42)/b19-17+/t24-,27+,29?,31-/m0/s1. The lowest BCUT2D eigenvalue weighted by molar-refractivity contribution is -0.137. The smallest absolute Gasteiger partial charge is 0.408 e. The Kier molecular flexibility index (Phi) is 14.6. The second-order valence-corrected chi connectivity index (χ2v) is 13.5. The Bertz CT molecular complexity index is 1740. The lowest BCUT2D eigenvalue weighted by Crippen LogP contribution is -2.58. The van der Waals surface area contributed by atoms with Gasteiger partial charge in [0.2, 0.25) is 17.7 Å². The van der Waals surface area contributed by atoms with Crippen LogP contribution in [-0.2, 0) is 46.8 Å². The van der Waals surface area contributed by atoms with Gasteiger partial charge < -0.3 is 31.1 Å². The molecule has 50 heavy (non-hydrogen) atoms. The number of carbonyl (C=O) groups excluding carboxylic acids is 4. The average molecular weight is 708 g/mol. The van der Waals surface area contributed by atoms with E-state index in [0.717, 1.165) is 17.0 Å². The number of carbonyl (C=O) groups is 5. The van der Waals surface area contributed by atoms with Gasteiger partial charge in [0, 0.05) is 23.7 Å². The normalized spacial score (nSPS) is 13.8. The number of sulfone groups is 1. The zero-order chi connectivity index (χ0) is 36.7. The highest BCUT2D eigenvalue weighted by Crippen LogP contribution is 2.13. The van der Waals surface area contributed by atoms with E-state index >= 15 is 0 Å². The van der Waals surface area contributed by atoms with Gasteiger partial charge in [-0.3, -0.25) is 24.2 Å². The number of carboxylic acid groups (broad SMARTS) is 1. The number of pyridine rings is 1. The first kappa shape index (κ1) is 38.9. The average Bonchev–Trinajstić information content (AvgIpc) is 3.09. The van der Waals surface area contributed by atoms with Crippen molar-refractivity contribution in [3.05, 3.63) is 108 Å². The van der Waals surface area contributed by atoms with E-state index in [0.29, 0.717) is 5.69 Å². The third kappa shape index (κ3) is 12.8. The van der Waals surface area contributed by atoms with E-state index in [9.17, 15) is 37.5 Å². The second-order valence-electron chi connectivity index (χ2n) is 11.6. The van der Waals surface area contributed by atoms with Crippen molar-refractivity contribution < 1.29 is 42.2 Å². The highest BCUT2D eigenvalue weighted by Gasteiger charge is 2.31.